The molecular formula is C25H29N3O2S. The van der Waals surface area contributed by atoms with E-state index in [1.807, 2.05) is 36.9 Å². The van der Waals surface area contributed by atoms with Crippen LogP contribution in [-0.4, -0.2) is 57.1 Å². The first-order chi connectivity index (χ1) is 15.0. The van der Waals surface area contributed by atoms with Gasteiger partial charge in [-0.3, -0.25) is 9.69 Å². The number of nitriles is 1. The molecule has 3 heterocycles. The topological polar surface area (TPSA) is 69.3 Å². The second kappa shape index (κ2) is 9.44. The fourth-order valence-corrected chi connectivity index (χ4v) is 5.39. The van der Waals surface area contributed by atoms with Crippen LogP contribution in [0.1, 0.15) is 53.0 Å². The van der Waals surface area contributed by atoms with Gasteiger partial charge >= 0.3 is 0 Å². The number of aromatic nitrogens is 1. The molecule has 2 aliphatic heterocycles. The SMILES string of the molecule is CSCC/C=C/c1cc(C(=O)CN2C3CCC2[C@H](O)C3)c(C)n1-c1ccc(C#N)cc1. The molecule has 1 aromatic heterocycles. The quantitative estimate of drug-likeness (QED) is 0.497. The van der Waals surface area contributed by atoms with Crippen LogP contribution in [0.4, 0.5) is 0 Å². The van der Waals surface area contributed by atoms with Crippen molar-refractivity contribution in [3.8, 4) is 11.8 Å². The number of hydrogen-bond donors (Lipinski definition) is 1. The summed E-state index contributed by atoms with van der Waals surface area (Å²) in [5, 5.41) is 19.3. The summed E-state index contributed by atoms with van der Waals surface area (Å²) in [6, 6.07) is 12.1. The van der Waals surface area contributed by atoms with Crippen LogP contribution in [0, 0.1) is 18.3 Å². The fourth-order valence-electron chi connectivity index (χ4n) is 5.02. The number of hydrogen-bond acceptors (Lipinski definition) is 5. The standard InChI is InChI=1S/C25H29N3O2S/c1-17-22(25(30)16-27-20-10-11-23(27)24(29)14-20)13-21(5-3-4-12-31-2)28(17)19-8-6-18(15-26)7-9-19/h3,5-9,13,20,23-24,29H,4,10-12,14,16H2,1-2H3/b5-3+/t20?,23?,24-/m1/s1. The molecule has 0 saturated carbocycles. The molecule has 6 heteroatoms. The highest BCUT2D eigenvalue weighted by molar-refractivity contribution is 7.98. The second-order valence-corrected chi connectivity index (χ2v) is 9.43. The summed E-state index contributed by atoms with van der Waals surface area (Å²) in [7, 11) is 0. The predicted octanol–water partition coefficient (Wildman–Crippen LogP) is 4.20. The minimum atomic E-state index is -0.300. The highest BCUT2D eigenvalue weighted by atomic mass is 32.2. The van der Waals surface area contributed by atoms with Crippen LogP contribution in [-0.2, 0) is 0 Å². The molecule has 0 amide bonds. The Labute approximate surface area is 188 Å². The van der Waals surface area contributed by atoms with E-state index in [2.05, 4.69) is 33.9 Å². The number of carbonyl (C=O) groups is 1. The summed E-state index contributed by atoms with van der Waals surface area (Å²) in [6.07, 6.45) is 9.83. The lowest BCUT2D eigenvalue weighted by Crippen LogP contribution is -2.36. The lowest BCUT2D eigenvalue weighted by molar-refractivity contribution is 0.0873. The zero-order chi connectivity index (χ0) is 22.0. The molecule has 1 aromatic carbocycles. The third-order valence-electron chi connectivity index (χ3n) is 6.58. The van der Waals surface area contributed by atoms with Crippen molar-refractivity contribution in [3.05, 3.63) is 58.9 Å². The average Bonchev–Trinajstić information content (AvgIpc) is 3.41. The molecule has 2 aliphatic rings. The summed E-state index contributed by atoms with van der Waals surface area (Å²) < 4.78 is 2.09. The van der Waals surface area contributed by atoms with Crippen LogP contribution in [0.15, 0.2) is 36.4 Å². The Hall–Kier alpha value is -2.33. The first kappa shape index (κ1) is 21.9. The van der Waals surface area contributed by atoms with E-state index in [9.17, 15) is 9.90 Å². The van der Waals surface area contributed by atoms with E-state index in [0.29, 0.717) is 18.2 Å². The zero-order valence-electron chi connectivity index (χ0n) is 18.1. The number of nitrogens with zero attached hydrogens (tertiary/aromatic N) is 3. The lowest BCUT2D eigenvalue weighted by Gasteiger charge is -2.21. The number of Topliss-reactive ketones (excluding diaryl/α,β-unsaturated/α-hetero) is 1. The molecule has 1 N–H and O–H groups in total. The maximum Gasteiger partial charge on any atom is 0.178 e. The van der Waals surface area contributed by atoms with Gasteiger partial charge in [-0.2, -0.15) is 17.0 Å². The van der Waals surface area contributed by atoms with Gasteiger partial charge < -0.3 is 9.67 Å². The van der Waals surface area contributed by atoms with Gasteiger partial charge in [-0.15, -0.1) is 0 Å². The molecule has 3 atom stereocenters. The van der Waals surface area contributed by atoms with Crippen molar-refractivity contribution in [2.75, 3.05) is 18.6 Å². The van der Waals surface area contributed by atoms with Gasteiger partial charge in [-0.05, 0) is 81.0 Å². The molecule has 2 aromatic rings. The van der Waals surface area contributed by atoms with Crippen LogP contribution in [0.3, 0.4) is 0 Å². The molecule has 31 heavy (non-hydrogen) atoms. The van der Waals surface area contributed by atoms with Gasteiger partial charge in [0.05, 0.1) is 24.3 Å². The van der Waals surface area contributed by atoms with E-state index >= 15 is 0 Å². The van der Waals surface area contributed by atoms with E-state index in [0.717, 1.165) is 54.1 Å². The molecule has 5 nitrogen and oxygen atoms in total. The van der Waals surface area contributed by atoms with Gasteiger partial charge in [0.15, 0.2) is 5.78 Å². The minimum Gasteiger partial charge on any atom is -0.391 e. The molecule has 2 bridgehead atoms. The van der Waals surface area contributed by atoms with Gasteiger partial charge in [0, 0.05) is 34.7 Å². The van der Waals surface area contributed by atoms with Crippen molar-refractivity contribution in [1.82, 2.24) is 9.47 Å². The molecule has 0 aliphatic carbocycles. The largest absolute Gasteiger partial charge is 0.391 e. The monoisotopic (exact) mass is 435 g/mol. The summed E-state index contributed by atoms with van der Waals surface area (Å²) in [5.74, 6) is 1.16. The number of aliphatic hydroxyl groups excluding tert-OH is 1. The van der Waals surface area contributed by atoms with Crippen LogP contribution in [0.2, 0.25) is 0 Å². The number of aliphatic hydroxyl groups is 1. The highest BCUT2D eigenvalue weighted by Crippen LogP contribution is 2.37. The summed E-state index contributed by atoms with van der Waals surface area (Å²) in [4.78, 5) is 15.5. The smallest absolute Gasteiger partial charge is 0.178 e. The number of rotatable bonds is 8. The molecule has 0 spiro atoms. The Kier molecular flexibility index (Phi) is 6.66. The molecule has 4 rings (SSSR count). The highest BCUT2D eigenvalue weighted by Gasteiger charge is 2.46. The second-order valence-electron chi connectivity index (χ2n) is 8.44. The molecule has 2 fully saturated rings. The van der Waals surface area contributed by atoms with Crippen molar-refractivity contribution in [1.29, 1.82) is 5.26 Å². The van der Waals surface area contributed by atoms with Crippen LogP contribution in [0.5, 0.6) is 0 Å². The Bertz CT molecular complexity index is 1020. The van der Waals surface area contributed by atoms with Crippen molar-refractivity contribution >= 4 is 23.6 Å². The summed E-state index contributed by atoms with van der Waals surface area (Å²) in [6.45, 7) is 2.35. The summed E-state index contributed by atoms with van der Waals surface area (Å²) in [5.41, 5.74) is 4.17. The fraction of sp³-hybridized carbons (Fsp3) is 0.440. The van der Waals surface area contributed by atoms with Gasteiger partial charge in [-0.1, -0.05) is 6.08 Å². The third kappa shape index (κ3) is 4.36. The van der Waals surface area contributed by atoms with Crippen LogP contribution in [0.25, 0.3) is 11.8 Å². The Morgan fingerprint density at radius 2 is 2.10 bits per heavy atom. The molecular weight excluding hydrogens is 406 g/mol. The number of allylic oxidation sites excluding steroid dienone is 1. The number of benzene rings is 1. The first-order valence-electron chi connectivity index (χ1n) is 10.9. The van der Waals surface area contributed by atoms with E-state index in [4.69, 9.17) is 5.26 Å². The zero-order valence-corrected chi connectivity index (χ0v) is 18.9. The maximum atomic E-state index is 13.3. The van der Waals surface area contributed by atoms with E-state index in [1.54, 1.807) is 12.1 Å². The lowest BCUT2D eigenvalue weighted by atomic mass is 9.98. The average molecular weight is 436 g/mol. The van der Waals surface area contributed by atoms with Crippen LogP contribution >= 0.6 is 11.8 Å². The van der Waals surface area contributed by atoms with Gasteiger partial charge in [0.1, 0.15) is 0 Å². The maximum absolute atomic E-state index is 13.3. The summed E-state index contributed by atoms with van der Waals surface area (Å²) >= 11 is 1.81. The normalized spacial score (nSPS) is 23.0. The number of carbonyl (C=O) groups excluding carboxylic acids is 1. The number of fused-ring (bicyclic) bond motifs is 2. The Balaban J connectivity index is 1.64. The molecule has 0 radical (unpaired) electrons. The Morgan fingerprint density at radius 3 is 2.71 bits per heavy atom. The third-order valence-corrected chi connectivity index (χ3v) is 7.23. The molecule has 2 saturated heterocycles. The molecule has 2 unspecified atom stereocenters. The van der Waals surface area contributed by atoms with Crippen LogP contribution < -0.4 is 0 Å². The molecule has 162 valence electrons. The number of ketones is 1. The van der Waals surface area contributed by atoms with Gasteiger partial charge in [-0.25, -0.2) is 0 Å². The van der Waals surface area contributed by atoms with E-state index < -0.39 is 0 Å². The van der Waals surface area contributed by atoms with E-state index in [-0.39, 0.29) is 17.9 Å². The van der Waals surface area contributed by atoms with E-state index in [1.165, 1.54) is 0 Å². The predicted molar refractivity (Wildman–Crippen MR) is 126 cm³/mol. The van der Waals surface area contributed by atoms with Crippen molar-refractivity contribution in [2.45, 2.75) is 50.8 Å². The van der Waals surface area contributed by atoms with Crippen molar-refractivity contribution < 1.29 is 9.90 Å². The number of thioether (sulfide) groups is 1. The van der Waals surface area contributed by atoms with Gasteiger partial charge in [0.2, 0.25) is 0 Å². The van der Waals surface area contributed by atoms with Gasteiger partial charge in [0.25, 0.3) is 0 Å². The first-order valence-corrected chi connectivity index (χ1v) is 12.3. The van der Waals surface area contributed by atoms with Crippen molar-refractivity contribution in [2.24, 2.45) is 0 Å². The Morgan fingerprint density at radius 1 is 1.32 bits per heavy atom. The minimum absolute atomic E-state index is 0.106. The van der Waals surface area contributed by atoms with Crippen molar-refractivity contribution in [3.63, 3.8) is 0 Å².